The number of ether oxygens (including phenoxy) is 3. The van der Waals surface area contributed by atoms with Crippen molar-refractivity contribution in [2.24, 2.45) is 0 Å². The van der Waals surface area contributed by atoms with Crippen molar-refractivity contribution >= 4 is 33.6 Å². The normalized spacial score (nSPS) is 14.6. The second kappa shape index (κ2) is 86.3. The van der Waals surface area contributed by atoms with E-state index in [1.54, 1.807) is 0 Å². The number of hydrogen-bond donors (Lipinski definition) is 4. The average molecular weight is 1620 g/mol. The van der Waals surface area contributed by atoms with Gasteiger partial charge >= 0.3 is 33.6 Å². The number of aliphatic hydroxyl groups is 2. The molecule has 0 radical (unpaired) electrons. The Morgan fingerprint density at radius 2 is 0.469 bits per heavy atom. The molecule has 18 heteroatoms. The van der Waals surface area contributed by atoms with Gasteiger partial charge in [0.05, 0.1) is 26.4 Å². The van der Waals surface area contributed by atoms with Gasteiger partial charge in [-0.1, -0.05) is 345 Å². The molecule has 0 aliphatic rings. The molecule has 0 saturated heterocycles. The number of allylic oxidation sites excluding steroid dienone is 28. The number of phosphoric ester groups is 2. The van der Waals surface area contributed by atoms with E-state index in [2.05, 4.69) is 191 Å². The maximum Gasteiger partial charge on any atom is 0.472 e. The van der Waals surface area contributed by atoms with Gasteiger partial charge in [-0.3, -0.25) is 32.5 Å². The Balaban J connectivity index is 4.55. The first-order chi connectivity index (χ1) is 55.2. The minimum Gasteiger partial charge on any atom is -0.463 e. The lowest BCUT2D eigenvalue weighted by molar-refractivity contribution is -0.161. The Kier molecular flexibility index (Phi) is 82.4. The minimum atomic E-state index is -4.95. The van der Waals surface area contributed by atoms with E-state index in [4.69, 9.17) is 32.3 Å². The highest BCUT2D eigenvalue weighted by Crippen LogP contribution is 2.45. The lowest BCUT2D eigenvalue weighted by Gasteiger charge is -2.21. The molecule has 4 N–H and O–H groups in total. The molecule has 16 nitrogen and oxygen atoms in total. The molecule has 0 amide bonds. The summed E-state index contributed by atoms with van der Waals surface area (Å²) in [5.41, 5.74) is 0. The number of aliphatic hydroxyl groups excluding tert-OH is 2. The second-order valence-electron chi connectivity index (χ2n) is 29.3. The number of carbonyl (C=O) groups is 3. The Hall–Kier alpha value is -5.09. The van der Waals surface area contributed by atoms with E-state index in [0.717, 1.165) is 167 Å². The van der Waals surface area contributed by atoms with Crippen molar-refractivity contribution in [1.29, 1.82) is 0 Å². The van der Waals surface area contributed by atoms with Crippen molar-refractivity contribution < 1.29 is 75.8 Å². The monoisotopic (exact) mass is 1620 g/mol. The van der Waals surface area contributed by atoms with Crippen LogP contribution in [0.15, 0.2) is 170 Å². The van der Waals surface area contributed by atoms with Gasteiger partial charge < -0.3 is 34.2 Å². The SMILES string of the molecule is CC/C=C\C/C=C\C/C=C\C/C=C\C/C=C\C/C=C\CCCCCCCCCCCCCCCCCCC(=O)OCC(O)COP(=O)(O)OCC(O)COP(=O)(O)OCC(COC(=O)CCCCCCC/C=C\C/C=C\C/C=C\C/C=C\CCCCC)OC(=O)CCCCCCC/C=C\C/C=C\C/C=C\C/C=C\CCCCC. The van der Waals surface area contributed by atoms with E-state index < -0.39 is 91.5 Å². The van der Waals surface area contributed by atoms with Crippen molar-refractivity contribution in [1.82, 2.24) is 0 Å². The van der Waals surface area contributed by atoms with Crippen LogP contribution < -0.4 is 0 Å². The second-order valence-corrected chi connectivity index (χ2v) is 32.2. The maximum atomic E-state index is 13.0. The molecular formula is C95H160O16P2. The summed E-state index contributed by atoms with van der Waals surface area (Å²) in [5, 5.41) is 20.7. The van der Waals surface area contributed by atoms with Gasteiger partial charge in [0.15, 0.2) is 6.10 Å². The highest BCUT2D eigenvalue weighted by molar-refractivity contribution is 7.47. The predicted molar refractivity (Wildman–Crippen MR) is 472 cm³/mol. The number of rotatable bonds is 83. The van der Waals surface area contributed by atoms with Gasteiger partial charge in [-0.05, 0) is 161 Å². The molecule has 113 heavy (non-hydrogen) atoms. The molecule has 0 heterocycles. The van der Waals surface area contributed by atoms with Crippen LogP contribution in [-0.2, 0) is 55.8 Å². The number of unbranched alkanes of at least 4 members (excludes halogenated alkanes) is 32. The van der Waals surface area contributed by atoms with Crippen LogP contribution in [0.4, 0.5) is 0 Å². The van der Waals surface area contributed by atoms with E-state index in [9.17, 15) is 43.5 Å². The molecule has 0 spiro atoms. The van der Waals surface area contributed by atoms with E-state index in [-0.39, 0.29) is 19.3 Å². The van der Waals surface area contributed by atoms with Crippen LogP contribution in [0.1, 0.15) is 355 Å². The number of phosphoric acid groups is 2. The van der Waals surface area contributed by atoms with Gasteiger partial charge in [0.1, 0.15) is 25.4 Å². The number of esters is 3. The zero-order valence-electron chi connectivity index (χ0n) is 71.0. The van der Waals surface area contributed by atoms with Crippen LogP contribution >= 0.6 is 15.6 Å². The lowest BCUT2D eigenvalue weighted by atomic mass is 10.0. The molecule has 0 aliphatic carbocycles. The van der Waals surface area contributed by atoms with E-state index in [0.29, 0.717) is 19.3 Å². The van der Waals surface area contributed by atoms with Crippen molar-refractivity contribution in [2.75, 3.05) is 39.6 Å². The molecule has 0 aromatic rings. The highest BCUT2D eigenvalue weighted by Gasteiger charge is 2.29. The summed E-state index contributed by atoms with van der Waals surface area (Å²) in [4.78, 5) is 58.9. The zero-order valence-corrected chi connectivity index (χ0v) is 72.8. The van der Waals surface area contributed by atoms with Gasteiger partial charge in [0.25, 0.3) is 0 Å². The summed E-state index contributed by atoms with van der Waals surface area (Å²) in [6.07, 6.45) is 111. The third-order valence-corrected chi connectivity index (χ3v) is 20.3. The van der Waals surface area contributed by atoms with Crippen molar-refractivity contribution in [3.05, 3.63) is 170 Å². The van der Waals surface area contributed by atoms with Crippen molar-refractivity contribution in [3.8, 4) is 0 Å². The largest absolute Gasteiger partial charge is 0.472 e. The summed E-state index contributed by atoms with van der Waals surface area (Å²) in [6, 6.07) is 0. The molecular weight excluding hydrogens is 1460 g/mol. The molecule has 0 saturated carbocycles. The summed E-state index contributed by atoms with van der Waals surface area (Å²) in [5.74, 6) is -1.62. The zero-order chi connectivity index (χ0) is 82.2. The molecule has 0 aliphatic heterocycles. The molecule has 0 rings (SSSR count). The Morgan fingerprint density at radius 1 is 0.257 bits per heavy atom. The average Bonchev–Trinajstić information content (AvgIpc) is 0.899. The highest BCUT2D eigenvalue weighted by atomic mass is 31.2. The Labute approximate surface area is 688 Å². The molecule has 5 unspecified atom stereocenters. The van der Waals surface area contributed by atoms with Gasteiger partial charge in [-0.25, -0.2) is 9.13 Å². The number of carbonyl (C=O) groups excluding carboxylic acids is 3. The van der Waals surface area contributed by atoms with Crippen molar-refractivity contribution in [3.63, 3.8) is 0 Å². The van der Waals surface area contributed by atoms with Crippen molar-refractivity contribution in [2.45, 2.75) is 373 Å². The molecule has 0 fully saturated rings. The Bertz CT molecular complexity index is 2730. The smallest absolute Gasteiger partial charge is 0.463 e. The summed E-state index contributed by atoms with van der Waals surface area (Å²) in [7, 11) is -9.82. The van der Waals surface area contributed by atoms with Crippen LogP contribution in [0, 0.1) is 0 Å². The summed E-state index contributed by atoms with van der Waals surface area (Å²) < 4.78 is 61.3. The quantitative estimate of drug-likeness (QED) is 0.0146. The van der Waals surface area contributed by atoms with Crippen LogP contribution in [0.3, 0.4) is 0 Å². The molecule has 0 aromatic carbocycles. The fourth-order valence-corrected chi connectivity index (χ4v) is 13.2. The third-order valence-electron chi connectivity index (χ3n) is 18.4. The molecule has 0 bridgehead atoms. The first-order valence-electron chi connectivity index (χ1n) is 44.4. The topological polar surface area (TPSA) is 231 Å². The first kappa shape index (κ1) is 108. The Morgan fingerprint density at radius 3 is 0.743 bits per heavy atom. The van der Waals surface area contributed by atoms with E-state index in [1.165, 1.54) is 128 Å². The third kappa shape index (κ3) is 87.6. The van der Waals surface area contributed by atoms with Crippen LogP contribution in [0.2, 0.25) is 0 Å². The lowest BCUT2D eigenvalue weighted by Crippen LogP contribution is -2.30. The standard InChI is InChI=1S/C95H160O16P2/c1-4-7-10-13-16-19-22-25-28-31-34-37-38-39-40-41-42-43-44-45-46-47-48-49-50-53-55-57-60-63-66-69-72-75-78-81-93(98)105-84-90(96)85-107-112(101,102)108-86-91(97)87-109-113(103,104)110-89-92(111-95(100)83-80-77-74-71-68-65-62-59-56-52-36-33-30-27-24-21-18-15-12-9-6-3)88-106-94(99)82-79-76-73-70-67-64-61-58-54-51-35-32-29-26-23-20-17-14-11-8-5-2/h7,10,16-21,25-30,34-37,39-40,42-43,51-52,58-59,61-62,90-92,96-97H,4-6,8-9,11-15,22-24,31-33,38,41,44-50,53-57,60,63-89H2,1-3H3,(H,101,102)(H,103,104)/b10-7-,19-16-,20-17-,21-18-,28-25-,29-26-,30-27-,37-34-,40-39-,43-42-,51-35-,52-36-,61-58-,62-59-. The van der Waals surface area contributed by atoms with Crippen LogP contribution in [-0.4, -0.2) is 95.9 Å². The fourth-order valence-electron chi connectivity index (χ4n) is 11.7. The summed E-state index contributed by atoms with van der Waals surface area (Å²) in [6.45, 7) is 2.49. The van der Waals surface area contributed by atoms with E-state index in [1.807, 2.05) is 0 Å². The maximum absolute atomic E-state index is 13.0. The molecule has 0 aromatic heterocycles. The van der Waals surface area contributed by atoms with Gasteiger partial charge in [0, 0.05) is 19.3 Å². The first-order valence-corrected chi connectivity index (χ1v) is 47.4. The van der Waals surface area contributed by atoms with Gasteiger partial charge in [-0.2, -0.15) is 0 Å². The molecule has 5 atom stereocenters. The molecule has 646 valence electrons. The van der Waals surface area contributed by atoms with Gasteiger partial charge in [0.2, 0.25) is 0 Å². The summed E-state index contributed by atoms with van der Waals surface area (Å²) >= 11 is 0. The number of hydrogen-bond acceptors (Lipinski definition) is 14. The van der Waals surface area contributed by atoms with Crippen LogP contribution in [0.25, 0.3) is 0 Å². The van der Waals surface area contributed by atoms with E-state index >= 15 is 0 Å². The fraction of sp³-hybridized carbons (Fsp3) is 0.674. The predicted octanol–water partition coefficient (Wildman–Crippen LogP) is 27.1. The van der Waals surface area contributed by atoms with Crippen LogP contribution in [0.5, 0.6) is 0 Å². The minimum absolute atomic E-state index is 0.0746. The van der Waals surface area contributed by atoms with Gasteiger partial charge in [-0.15, -0.1) is 0 Å².